The van der Waals surface area contributed by atoms with Gasteiger partial charge in [-0.05, 0) is 30.7 Å². The van der Waals surface area contributed by atoms with E-state index >= 15 is 0 Å². The Kier molecular flexibility index (Phi) is 5.35. The van der Waals surface area contributed by atoms with Gasteiger partial charge in [-0.3, -0.25) is 24.6 Å². The van der Waals surface area contributed by atoms with Gasteiger partial charge in [0, 0.05) is 23.9 Å². The molecule has 5 rings (SSSR count). The molecule has 0 unspecified atom stereocenters. The standard InChI is InChI=1S/C23H19N5O4S/c1-32-18-10-5-4-9-16(18)17-13-33-23-25-22(26-28(17)23)24-19(29)11-6-12-27-20(30)14-7-2-3-8-15(14)21(27)31/h2-5,7-10,13H,6,11-12H2,1H3,(H,24,26,29). The fourth-order valence-electron chi connectivity index (χ4n) is 3.80. The van der Waals surface area contributed by atoms with Gasteiger partial charge in [-0.25, -0.2) is 4.52 Å². The number of aromatic nitrogens is 3. The van der Waals surface area contributed by atoms with Crippen molar-refractivity contribution in [2.24, 2.45) is 0 Å². The second-order valence-electron chi connectivity index (χ2n) is 7.41. The molecular formula is C23H19N5O4S. The van der Waals surface area contributed by atoms with E-state index in [9.17, 15) is 14.4 Å². The summed E-state index contributed by atoms with van der Waals surface area (Å²) in [5.41, 5.74) is 2.49. The molecule has 2 aromatic heterocycles. The van der Waals surface area contributed by atoms with Crippen LogP contribution >= 0.6 is 11.3 Å². The third kappa shape index (κ3) is 3.74. The lowest BCUT2D eigenvalue weighted by Gasteiger charge is -2.13. The molecule has 10 heteroatoms. The van der Waals surface area contributed by atoms with Crippen LogP contribution in [0, 0.1) is 0 Å². The maximum Gasteiger partial charge on any atom is 0.261 e. The molecule has 0 spiro atoms. The largest absolute Gasteiger partial charge is 0.496 e. The number of carbonyl (C=O) groups excluding carboxylic acids is 3. The highest BCUT2D eigenvalue weighted by atomic mass is 32.1. The number of thiazole rings is 1. The number of fused-ring (bicyclic) bond motifs is 2. The van der Waals surface area contributed by atoms with Gasteiger partial charge in [0.1, 0.15) is 5.75 Å². The van der Waals surface area contributed by atoms with E-state index in [1.807, 2.05) is 29.6 Å². The zero-order valence-electron chi connectivity index (χ0n) is 17.6. The molecule has 1 aliphatic rings. The Morgan fingerprint density at radius 2 is 1.70 bits per heavy atom. The summed E-state index contributed by atoms with van der Waals surface area (Å²) in [5.74, 6) is -0.0226. The predicted octanol–water partition coefficient (Wildman–Crippen LogP) is 3.48. The van der Waals surface area contributed by atoms with Crippen molar-refractivity contribution >= 4 is 40.0 Å². The third-order valence-corrected chi connectivity index (χ3v) is 6.20. The highest BCUT2D eigenvalue weighted by molar-refractivity contribution is 7.15. The van der Waals surface area contributed by atoms with Crippen LogP contribution in [0.5, 0.6) is 5.75 Å². The minimum absolute atomic E-state index is 0.125. The van der Waals surface area contributed by atoms with Gasteiger partial charge in [-0.1, -0.05) is 24.3 Å². The predicted molar refractivity (Wildman–Crippen MR) is 123 cm³/mol. The average molecular weight is 462 g/mol. The molecule has 166 valence electrons. The summed E-state index contributed by atoms with van der Waals surface area (Å²) in [6.45, 7) is 0.170. The molecule has 0 saturated heterocycles. The Morgan fingerprint density at radius 1 is 1.03 bits per heavy atom. The number of ether oxygens (including phenoxy) is 1. The maximum absolute atomic E-state index is 12.4. The van der Waals surface area contributed by atoms with Crippen LogP contribution in [0.2, 0.25) is 0 Å². The fourth-order valence-corrected chi connectivity index (χ4v) is 4.63. The summed E-state index contributed by atoms with van der Waals surface area (Å²) in [4.78, 5) is 43.4. The molecule has 3 amide bonds. The Bertz CT molecular complexity index is 1360. The molecule has 0 radical (unpaired) electrons. The lowest BCUT2D eigenvalue weighted by Crippen LogP contribution is -2.31. The molecule has 0 fully saturated rings. The molecule has 1 N–H and O–H groups in total. The first-order valence-electron chi connectivity index (χ1n) is 10.3. The molecule has 4 aromatic rings. The van der Waals surface area contributed by atoms with Gasteiger partial charge in [0.2, 0.25) is 16.8 Å². The summed E-state index contributed by atoms with van der Waals surface area (Å²) in [7, 11) is 1.61. The van der Waals surface area contributed by atoms with E-state index in [0.29, 0.717) is 28.3 Å². The second-order valence-corrected chi connectivity index (χ2v) is 8.25. The number of methoxy groups -OCH3 is 1. The van der Waals surface area contributed by atoms with E-state index < -0.39 is 0 Å². The van der Waals surface area contributed by atoms with Crippen LogP contribution < -0.4 is 10.1 Å². The minimum atomic E-state index is -0.323. The van der Waals surface area contributed by atoms with Crippen molar-refractivity contribution in [2.75, 3.05) is 19.0 Å². The van der Waals surface area contributed by atoms with E-state index in [2.05, 4.69) is 15.4 Å². The van der Waals surface area contributed by atoms with Crippen molar-refractivity contribution in [3.63, 3.8) is 0 Å². The average Bonchev–Trinajstić information content (AvgIpc) is 3.47. The molecule has 33 heavy (non-hydrogen) atoms. The van der Waals surface area contributed by atoms with E-state index in [1.165, 1.54) is 16.2 Å². The zero-order chi connectivity index (χ0) is 22.9. The molecule has 0 bridgehead atoms. The third-order valence-electron chi connectivity index (χ3n) is 5.38. The molecule has 2 aromatic carbocycles. The summed E-state index contributed by atoms with van der Waals surface area (Å²) >= 11 is 1.41. The molecule has 0 atom stereocenters. The van der Waals surface area contributed by atoms with Gasteiger partial charge < -0.3 is 4.74 Å². The number of para-hydroxylation sites is 1. The highest BCUT2D eigenvalue weighted by Gasteiger charge is 2.34. The first kappa shape index (κ1) is 20.8. The van der Waals surface area contributed by atoms with E-state index in [0.717, 1.165) is 11.3 Å². The van der Waals surface area contributed by atoms with Crippen LogP contribution in [-0.4, -0.2) is 50.9 Å². The number of nitrogens with one attached hydrogen (secondary N) is 1. The molecule has 0 aliphatic carbocycles. The number of carbonyl (C=O) groups is 3. The number of rotatable bonds is 7. The van der Waals surface area contributed by atoms with Crippen molar-refractivity contribution < 1.29 is 19.1 Å². The Labute approximate surface area is 192 Å². The zero-order valence-corrected chi connectivity index (χ0v) is 18.5. The maximum atomic E-state index is 12.4. The number of nitrogens with zero attached hydrogens (tertiary/aromatic N) is 4. The van der Waals surface area contributed by atoms with Crippen molar-refractivity contribution in [1.29, 1.82) is 0 Å². The van der Waals surface area contributed by atoms with Crippen LogP contribution in [0.15, 0.2) is 53.9 Å². The number of benzene rings is 2. The van der Waals surface area contributed by atoms with E-state index in [1.54, 1.807) is 35.9 Å². The van der Waals surface area contributed by atoms with Gasteiger partial charge in [0.15, 0.2) is 0 Å². The number of imide groups is 1. The number of hydrogen-bond acceptors (Lipinski definition) is 7. The topological polar surface area (TPSA) is 106 Å². The first-order chi connectivity index (χ1) is 16.1. The first-order valence-corrected chi connectivity index (χ1v) is 11.2. The lowest BCUT2D eigenvalue weighted by atomic mass is 10.1. The summed E-state index contributed by atoms with van der Waals surface area (Å²) in [6, 6.07) is 14.3. The van der Waals surface area contributed by atoms with Crippen LogP contribution in [0.1, 0.15) is 33.6 Å². The van der Waals surface area contributed by atoms with E-state index in [-0.39, 0.29) is 36.6 Å². The van der Waals surface area contributed by atoms with E-state index in [4.69, 9.17) is 4.74 Å². The van der Waals surface area contributed by atoms with Crippen LogP contribution in [0.3, 0.4) is 0 Å². The quantitative estimate of drug-likeness (QED) is 0.423. The number of anilines is 1. The summed E-state index contributed by atoms with van der Waals surface area (Å²) < 4.78 is 7.10. The normalized spacial score (nSPS) is 12.9. The lowest BCUT2D eigenvalue weighted by molar-refractivity contribution is -0.116. The molecule has 3 heterocycles. The van der Waals surface area contributed by atoms with Crippen molar-refractivity contribution in [1.82, 2.24) is 19.5 Å². The minimum Gasteiger partial charge on any atom is -0.496 e. The fraction of sp³-hybridized carbons (Fsp3) is 0.174. The van der Waals surface area contributed by atoms with Crippen molar-refractivity contribution in [3.05, 3.63) is 65.0 Å². The van der Waals surface area contributed by atoms with Crippen molar-refractivity contribution in [2.45, 2.75) is 12.8 Å². The summed E-state index contributed by atoms with van der Waals surface area (Å²) in [6.07, 6.45) is 0.464. The van der Waals surface area contributed by atoms with Crippen LogP contribution in [0.25, 0.3) is 16.2 Å². The molecular weight excluding hydrogens is 442 g/mol. The highest BCUT2D eigenvalue weighted by Crippen LogP contribution is 2.32. The molecule has 0 saturated carbocycles. The monoisotopic (exact) mass is 461 g/mol. The SMILES string of the molecule is COc1ccccc1-c1csc2nc(NC(=O)CCCN3C(=O)c4ccccc4C3=O)nn12. The summed E-state index contributed by atoms with van der Waals surface area (Å²) in [5, 5.41) is 9.04. The number of hydrogen-bond donors (Lipinski definition) is 1. The Morgan fingerprint density at radius 3 is 2.39 bits per heavy atom. The van der Waals surface area contributed by atoms with Gasteiger partial charge in [-0.15, -0.1) is 16.4 Å². The van der Waals surface area contributed by atoms with Gasteiger partial charge >= 0.3 is 0 Å². The number of amides is 3. The Hall–Kier alpha value is -4.05. The van der Waals surface area contributed by atoms with Gasteiger partial charge in [0.05, 0.1) is 23.9 Å². The van der Waals surface area contributed by atoms with Gasteiger partial charge in [0.25, 0.3) is 11.8 Å². The van der Waals surface area contributed by atoms with Gasteiger partial charge in [-0.2, -0.15) is 4.98 Å². The molecule has 1 aliphatic heterocycles. The second kappa shape index (κ2) is 8.47. The van der Waals surface area contributed by atoms with Crippen LogP contribution in [0.4, 0.5) is 5.95 Å². The Balaban J connectivity index is 1.22. The van der Waals surface area contributed by atoms with Crippen LogP contribution in [-0.2, 0) is 4.79 Å². The van der Waals surface area contributed by atoms with Crippen molar-refractivity contribution in [3.8, 4) is 17.0 Å². The smallest absolute Gasteiger partial charge is 0.261 e. The molecule has 9 nitrogen and oxygen atoms in total.